The zero-order chi connectivity index (χ0) is 26.3. The number of amides is 3. The average Bonchev–Trinajstić information content (AvgIpc) is 3.26. The van der Waals surface area contributed by atoms with Crippen molar-refractivity contribution in [1.29, 1.82) is 0 Å². The van der Waals surface area contributed by atoms with Crippen LogP contribution in [-0.2, 0) is 14.9 Å². The van der Waals surface area contributed by atoms with Gasteiger partial charge >= 0.3 is 6.03 Å². The van der Waals surface area contributed by atoms with Gasteiger partial charge in [0.1, 0.15) is 18.1 Å². The van der Waals surface area contributed by atoms with Crippen molar-refractivity contribution in [3.63, 3.8) is 0 Å². The zero-order valence-corrected chi connectivity index (χ0v) is 21.8. The number of rotatable bonds is 9. The summed E-state index contributed by atoms with van der Waals surface area (Å²) in [6.07, 6.45) is 0. The highest BCUT2D eigenvalue weighted by atomic mass is 16.5. The van der Waals surface area contributed by atoms with Crippen molar-refractivity contribution in [3.05, 3.63) is 65.9 Å². The lowest BCUT2D eigenvalue weighted by Gasteiger charge is -2.23. The summed E-state index contributed by atoms with van der Waals surface area (Å²) < 4.78 is 12.2. The fourth-order valence-electron chi connectivity index (χ4n) is 3.57. The van der Waals surface area contributed by atoms with Crippen molar-refractivity contribution in [2.75, 3.05) is 44.5 Å². The van der Waals surface area contributed by atoms with Gasteiger partial charge < -0.3 is 25.0 Å². The lowest BCUT2D eigenvalue weighted by molar-refractivity contribution is -0.116. The lowest BCUT2D eigenvalue weighted by atomic mass is 9.92. The van der Waals surface area contributed by atoms with E-state index in [0.29, 0.717) is 17.3 Å². The molecule has 3 rings (SSSR count). The van der Waals surface area contributed by atoms with Gasteiger partial charge in [-0.1, -0.05) is 51.1 Å². The van der Waals surface area contributed by atoms with E-state index in [1.54, 1.807) is 30.0 Å². The van der Waals surface area contributed by atoms with E-state index in [4.69, 9.17) is 14.6 Å². The summed E-state index contributed by atoms with van der Waals surface area (Å²) in [6.45, 7) is 8.53. The van der Waals surface area contributed by atoms with Crippen LogP contribution in [0.15, 0.2) is 54.6 Å². The van der Waals surface area contributed by atoms with E-state index in [1.165, 1.54) is 12.0 Å². The summed E-state index contributed by atoms with van der Waals surface area (Å²) in [4.78, 5) is 27.6. The van der Waals surface area contributed by atoms with Crippen LogP contribution in [0, 0.1) is 6.92 Å². The van der Waals surface area contributed by atoms with Gasteiger partial charge in [-0.3, -0.25) is 4.79 Å². The van der Waals surface area contributed by atoms with E-state index in [2.05, 4.69) is 31.4 Å². The number of carbonyl (C=O) groups excluding carboxylic acids is 2. The molecule has 0 unspecified atom stereocenters. The van der Waals surface area contributed by atoms with Crippen LogP contribution in [0.4, 0.5) is 16.3 Å². The SMILES string of the molecule is COCCN(CC(=O)Nc1cc(C(C)(C)C)nn1-c1ccccc1C)C(=O)Nc1ccccc1OC. The van der Waals surface area contributed by atoms with Gasteiger partial charge in [-0.05, 0) is 30.7 Å². The molecule has 0 bridgehead atoms. The standard InChI is InChI=1S/C27H35N5O4/c1-19-11-7-9-13-21(19)32-24(17-23(30-32)27(2,3)4)29-25(33)18-31(15-16-35-5)26(34)28-20-12-8-10-14-22(20)36-6/h7-14,17H,15-16,18H2,1-6H3,(H,28,34)(H,29,33). The fraction of sp³-hybridized carbons (Fsp3) is 0.370. The maximum Gasteiger partial charge on any atom is 0.322 e. The minimum atomic E-state index is -0.436. The molecule has 1 aromatic heterocycles. The summed E-state index contributed by atoms with van der Waals surface area (Å²) in [6, 6.07) is 16.4. The molecule has 0 aliphatic carbocycles. The Morgan fingerprint density at radius 2 is 1.72 bits per heavy atom. The van der Waals surface area contributed by atoms with Crippen LogP contribution in [0.3, 0.4) is 0 Å². The number of nitrogens with zero attached hydrogens (tertiary/aromatic N) is 3. The summed E-state index contributed by atoms with van der Waals surface area (Å²) >= 11 is 0. The zero-order valence-electron chi connectivity index (χ0n) is 21.8. The van der Waals surface area contributed by atoms with Gasteiger partial charge in [0.05, 0.1) is 30.8 Å². The molecule has 2 N–H and O–H groups in total. The molecule has 0 radical (unpaired) electrons. The molecule has 2 aromatic carbocycles. The van der Waals surface area contributed by atoms with Gasteiger partial charge in [0.2, 0.25) is 5.91 Å². The summed E-state index contributed by atoms with van der Waals surface area (Å²) in [5.41, 5.74) is 3.03. The smallest absolute Gasteiger partial charge is 0.322 e. The molecule has 0 fully saturated rings. The molecule has 9 nitrogen and oxygen atoms in total. The van der Waals surface area contributed by atoms with Crippen LogP contribution in [0.25, 0.3) is 5.69 Å². The first-order valence-corrected chi connectivity index (χ1v) is 11.8. The van der Waals surface area contributed by atoms with E-state index < -0.39 is 6.03 Å². The molecule has 36 heavy (non-hydrogen) atoms. The molecule has 3 aromatic rings. The molecule has 192 valence electrons. The van der Waals surface area contributed by atoms with E-state index in [0.717, 1.165) is 16.9 Å². The highest BCUT2D eigenvalue weighted by Gasteiger charge is 2.24. The first-order valence-electron chi connectivity index (χ1n) is 11.8. The van der Waals surface area contributed by atoms with E-state index >= 15 is 0 Å². The number of benzene rings is 2. The monoisotopic (exact) mass is 493 g/mol. The van der Waals surface area contributed by atoms with Crippen molar-refractivity contribution in [2.45, 2.75) is 33.1 Å². The highest BCUT2D eigenvalue weighted by molar-refractivity contribution is 5.97. The van der Waals surface area contributed by atoms with E-state index in [9.17, 15) is 9.59 Å². The van der Waals surface area contributed by atoms with Crippen molar-refractivity contribution in [1.82, 2.24) is 14.7 Å². The van der Waals surface area contributed by atoms with Crippen LogP contribution in [0.2, 0.25) is 0 Å². The molecular formula is C27H35N5O4. The number of aromatic nitrogens is 2. The normalized spacial score (nSPS) is 11.2. The Bertz CT molecular complexity index is 1200. The average molecular weight is 494 g/mol. The van der Waals surface area contributed by atoms with Crippen LogP contribution < -0.4 is 15.4 Å². The Labute approximate surface area is 212 Å². The maximum atomic E-state index is 13.2. The number of para-hydroxylation sites is 3. The summed E-state index contributed by atoms with van der Waals surface area (Å²) in [7, 11) is 3.08. The predicted molar refractivity (Wildman–Crippen MR) is 141 cm³/mol. The van der Waals surface area contributed by atoms with Crippen LogP contribution >= 0.6 is 0 Å². The maximum absolute atomic E-state index is 13.2. The van der Waals surface area contributed by atoms with Crippen molar-refractivity contribution >= 4 is 23.4 Å². The first kappa shape index (κ1) is 26.7. The molecule has 0 aliphatic heterocycles. The summed E-state index contributed by atoms with van der Waals surface area (Å²) in [5, 5.41) is 10.5. The molecular weight excluding hydrogens is 458 g/mol. The van der Waals surface area contributed by atoms with Gasteiger partial charge in [0.15, 0.2) is 0 Å². The second-order valence-corrected chi connectivity index (χ2v) is 9.46. The van der Waals surface area contributed by atoms with Crippen LogP contribution in [-0.4, -0.2) is 60.5 Å². The Balaban J connectivity index is 1.83. The summed E-state index contributed by atoms with van der Waals surface area (Å²) in [5.74, 6) is 0.714. The van der Waals surface area contributed by atoms with Crippen molar-refractivity contribution in [2.24, 2.45) is 0 Å². The van der Waals surface area contributed by atoms with Crippen molar-refractivity contribution < 1.29 is 19.1 Å². The third kappa shape index (κ3) is 6.63. The lowest BCUT2D eigenvalue weighted by Crippen LogP contribution is -2.42. The Kier molecular flexibility index (Phi) is 8.71. The molecule has 1 heterocycles. The number of ether oxygens (including phenoxy) is 2. The number of hydrogen-bond donors (Lipinski definition) is 2. The third-order valence-corrected chi connectivity index (χ3v) is 5.62. The minimum Gasteiger partial charge on any atom is -0.495 e. The second-order valence-electron chi connectivity index (χ2n) is 9.46. The molecule has 9 heteroatoms. The highest BCUT2D eigenvalue weighted by Crippen LogP contribution is 2.27. The Morgan fingerprint density at radius 3 is 2.39 bits per heavy atom. The molecule has 0 aliphatic rings. The first-order chi connectivity index (χ1) is 17.1. The minimum absolute atomic E-state index is 0.172. The largest absolute Gasteiger partial charge is 0.495 e. The van der Waals surface area contributed by atoms with Gasteiger partial charge in [-0.2, -0.15) is 5.10 Å². The number of aryl methyl sites for hydroxylation is 1. The molecule has 0 saturated carbocycles. The number of hydrogen-bond acceptors (Lipinski definition) is 5. The number of methoxy groups -OCH3 is 2. The van der Waals surface area contributed by atoms with Crippen molar-refractivity contribution in [3.8, 4) is 11.4 Å². The van der Waals surface area contributed by atoms with Gasteiger partial charge in [-0.15, -0.1) is 0 Å². The van der Waals surface area contributed by atoms with Crippen LogP contribution in [0.1, 0.15) is 32.0 Å². The Morgan fingerprint density at radius 1 is 1.03 bits per heavy atom. The number of urea groups is 1. The molecule has 3 amide bonds. The van der Waals surface area contributed by atoms with Crippen LogP contribution in [0.5, 0.6) is 5.75 Å². The molecule has 0 saturated heterocycles. The van der Waals surface area contributed by atoms with E-state index in [-0.39, 0.29) is 31.0 Å². The molecule has 0 spiro atoms. The topological polar surface area (TPSA) is 97.7 Å². The van der Waals surface area contributed by atoms with Gasteiger partial charge in [0.25, 0.3) is 0 Å². The second kappa shape index (κ2) is 11.7. The number of nitrogens with one attached hydrogen (secondary N) is 2. The van der Waals surface area contributed by atoms with Gasteiger partial charge in [0, 0.05) is 25.1 Å². The Hall–Kier alpha value is -3.85. The number of anilines is 2. The number of carbonyl (C=O) groups is 2. The quantitative estimate of drug-likeness (QED) is 0.454. The van der Waals surface area contributed by atoms with E-state index in [1.807, 2.05) is 43.3 Å². The van der Waals surface area contributed by atoms with Gasteiger partial charge in [-0.25, -0.2) is 9.48 Å². The fourth-order valence-corrected chi connectivity index (χ4v) is 3.57. The predicted octanol–water partition coefficient (Wildman–Crippen LogP) is 4.61. The third-order valence-electron chi connectivity index (χ3n) is 5.62. The molecule has 0 atom stereocenters.